The molecule has 0 unspecified atom stereocenters. The molecule has 0 bridgehead atoms. The lowest BCUT2D eigenvalue weighted by molar-refractivity contribution is 0.0600. The van der Waals surface area contributed by atoms with E-state index in [4.69, 9.17) is 0 Å². The zero-order valence-corrected chi connectivity index (χ0v) is 18.5. The zero-order chi connectivity index (χ0) is 22.5. The number of nitrogens with one attached hydrogen (secondary N) is 2. The summed E-state index contributed by atoms with van der Waals surface area (Å²) in [5.41, 5.74) is 0.421. The maximum absolute atomic E-state index is 12.6. The van der Waals surface area contributed by atoms with Gasteiger partial charge in [-0.1, -0.05) is 6.42 Å². The van der Waals surface area contributed by atoms with Gasteiger partial charge in [0.05, 0.1) is 22.5 Å². The van der Waals surface area contributed by atoms with Crippen molar-refractivity contribution in [2.24, 2.45) is 4.99 Å². The number of anilines is 1. The number of rotatable bonds is 6. The summed E-state index contributed by atoms with van der Waals surface area (Å²) < 4.78 is 59.7. The van der Waals surface area contributed by atoms with E-state index in [2.05, 4.69) is 19.2 Å². The fourth-order valence-electron chi connectivity index (χ4n) is 2.98. The average Bonchev–Trinajstić information content (AvgIpc) is 3.01. The molecule has 1 aliphatic heterocycles. The highest BCUT2D eigenvalue weighted by molar-refractivity contribution is 7.92. The fourth-order valence-corrected chi connectivity index (χ4v) is 5.12. The van der Waals surface area contributed by atoms with Crippen LogP contribution < -0.4 is 9.44 Å². The van der Waals surface area contributed by atoms with E-state index in [1.165, 1.54) is 55.6 Å². The summed E-state index contributed by atoms with van der Waals surface area (Å²) in [5.74, 6) is -0.130. The largest absolute Gasteiger partial charge is 0.465 e. The van der Waals surface area contributed by atoms with Gasteiger partial charge in [-0.05, 0) is 61.4 Å². The average molecular weight is 466 g/mol. The molecule has 0 amide bonds. The van der Waals surface area contributed by atoms with Gasteiger partial charge in [0.25, 0.3) is 20.0 Å². The second-order valence-electron chi connectivity index (χ2n) is 6.89. The van der Waals surface area contributed by atoms with Crippen LogP contribution in [-0.4, -0.2) is 42.3 Å². The molecule has 0 spiro atoms. The zero-order valence-electron chi connectivity index (χ0n) is 16.9. The number of sulfonamides is 2. The molecule has 0 aliphatic carbocycles. The molecule has 0 radical (unpaired) electrons. The Bertz CT molecular complexity index is 1170. The highest BCUT2D eigenvalue weighted by Crippen LogP contribution is 2.19. The van der Waals surface area contributed by atoms with E-state index in [0.717, 1.165) is 19.3 Å². The lowest BCUT2D eigenvalue weighted by atomic mass is 10.2. The molecule has 31 heavy (non-hydrogen) atoms. The van der Waals surface area contributed by atoms with Gasteiger partial charge in [-0.25, -0.2) is 21.6 Å². The predicted molar refractivity (Wildman–Crippen MR) is 116 cm³/mol. The van der Waals surface area contributed by atoms with E-state index in [9.17, 15) is 21.6 Å². The van der Waals surface area contributed by atoms with Crippen molar-refractivity contribution >= 4 is 37.5 Å². The van der Waals surface area contributed by atoms with Crippen LogP contribution >= 0.6 is 0 Å². The molecular weight excluding hydrogens is 442 g/mol. The first-order valence-corrected chi connectivity index (χ1v) is 12.6. The summed E-state index contributed by atoms with van der Waals surface area (Å²) in [6.45, 7) is 0.596. The van der Waals surface area contributed by atoms with Crippen LogP contribution in [0.5, 0.6) is 0 Å². The third kappa shape index (κ3) is 5.82. The van der Waals surface area contributed by atoms with Crippen LogP contribution in [0.3, 0.4) is 0 Å². The van der Waals surface area contributed by atoms with Gasteiger partial charge in [-0.3, -0.25) is 14.4 Å². The smallest absolute Gasteiger partial charge is 0.337 e. The van der Waals surface area contributed by atoms with Crippen molar-refractivity contribution < 1.29 is 26.4 Å². The van der Waals surface area contributed by atoms with Crippen molar-refractivity contribution in [3.63, 3.8) is 0 Å². The Morgan fingerprint density at radius 2 is 1.42 bits per heavy atom. The van der Waals surface area contributed by atoms with Crippen molar-refractivity contribution in [3.8, 4) is 0 Å². The molecule has 0 fully saturated rings. The van der Waals surface area contributed by atoms with Gasteiger partial charge in [0.2, 0.25) is 0 Å². The van der Waals surface area contributed by atoms with Gasteiger partial charge in [-0.15, -0.1) is 0 Å². The van der Waals surface area contributed by atoms with Crippen LogP contribution in [0.2, 0.25) is 0 Å². The van der Waals surface area contributed by atoms with Crippen LogP contribution in [0.4, 0.5) is 5.69 Å². The first-order chi connectivity index (χ1) is 14.7. The maximum atomic E-state index is 12.6. The molecule has 0 saturated heterocycles. The maximum Gasteiger partial charge on any atom is 0.337 e. The van der Waals surface area contributed by atoms with Crippen LogP contribution in [0.25, 0.3) is 0 Å². The van der Waals surface area contributed by atoms with Crippen LogP contribution in [-0.2, 0) is 24.8 Å². The van der Waals surface area contributed by atoms with Crippen LogP contribution in [0.15, 0.2) is 63.3 Å². The van der Waals surface area contributed by atoms with E-state index in [1.807, 2.05) is 0 Å². The Hall–Kier alpha value is -2.92. The van der Waals surface area contributed by atoms with Gasteiger partial charge < -0.3 is 4.74 Å². The standard InChI is InChI=1S/C20H23N3O6S2/c1-29-20(24)15-6-10-17(11-7-15)30(25,26)22-16-8-12-18(13-9-16)31(27,28)23-19-5-3-2-4-14-21-19/h6-13,22H,2-5,14H2,1H3,(H,21,23). The molecule has 2 aromatic rings. The highest BCUT2D eigenvalue weighted by Gasteiger charge is 2.19. The number of hydrogen-bond donors (Lipinski definition) is 2. The third-order valence-electron chi connectivity index (χ3n) is 4.63. The van der Waals surface area contributed by atoms with Gasteiger partial charge >= 0.3 is 5.97 Å². The molecule has 2 aromatic carbocycles. The number of hydrogen-bond acceptors (Lipinski definition) is 7. The number of amidine groups is 1. The van der Waals surface area contributed by atoms with Gasteiger partial charge in [0.15, 0.2) is 0 Å². The quantitative estimate of drug-likeness (QED) is 0.630. The molecule has 9 nitrogen and oxygen atoms in total. The minimum Gasteiger partial charge on any atom is -0.465 e. The van der Waals surface area contributed by atoms with E-state index in [-0.39, 0.29) is 21.0 Å². The van der Waals surface area contributed by atoms with Crippen molar-refractivity contribution in [1.29, 1.82) is 0 Å². The highest BCUT2D eigenvalue weighted by atomic mass is 32.2. The normalized spacial score (nSPS) is 14.8. The molecule has 11 heteroatoms. The summed E-state index contributed by atoms with van der Waals surface area (Å²) in [5, 5.41) is 0. The van der Waals surface area contributed by atoms with Crippen molar-refractivity contribution in [1.82, 2.24) is 4.72 Å². The number of aliphatic imine (C=N–C) groups is 1. The monoisotopic (exact) mass is 465 g/mol. The second kappa shape index (κ2) is 9.48. The second-order valence-corrected chi connectivity index (χ2v) is 10.3. The summed E-state index contributed by atoms with van der Waals surface area (Å²) in [7, 11) is -6.50. The van der Waals surface area contributed by atoms with Crippen molar-refractivity contribution in [2.75, 3.05) is 18.4 Å². The molecule has 2 N–H and O–H groups in total. The Balaban J connectivity index is 1.72. The van der Waals surface area contributed by atoms with Gasteiger partial charge in [0.1, 0.15) is 5.84 Å². The number of ether oxygens (including phenoxy) is 1. The molecule has 0 saturated carbocycles. The number of methoxy groups -OCH3 is 1. The van der Waals surface area contributed by atoms with E-state index in [1.54, 1.807) is 0 Å². The van der Waals surface area contributed by atoms with Gasteiger partial charge in [-0.2, -0.15) is 0 Å². The number of carbonyl (C=O) groups excluding carboxylic acids is 1. The molecule has 1 heterocycles. The molecule has 1 aliphatic rings. The molecule has 0 aromatic heterocycles. The predicted octanol–water partition coefficient (Wildman–Crippen LogP) is 2.52. The fraction of sp³-hybridized carbons (Fsp3) is 0.300. The van der Waals surface area contributed by atoms with E-state index in [0.29, 0.717) is 18.8 Å². The Kier molecular flexibility index (Phi) is 6.96. The summed E-state index contributed by atoms with van der Waals surface area (Å²) >= 11 is 0. The Morgan fingerprint density at radius 3 is 2.03 bits per heavy atom. The van der Waals surface area contributed by atoms with Crippen LogP contribution in [0.1, 0.15) is 36.0 Å². The number of esters is 1. The summed E-state index contributed by atoms with van der Waals surface area (Å²) in [4.78, 5) is 15.7. The lowest BCUT2D eigenvalue weighted by Crippen LogP contribution is -2.30. The SMILES string of the molecule is COC(=O)c1ccc(S(=O)(=O)Nc2ccc(S(=O)(=O)NC3=NCCCCC3)cc2)cc1. The molecule has 0 atom stereocenters. The summed E-state index contributed by atoms with van der Waals surface area (Å²) in [6, 6.07) is 10.6. The number of benzene rings is 2. The minimum absolute atomic E-state index is 0.00447. The van der Waals surface area contributed by atoms with Crippen molar-refractivity contribution in [3.05, 3.63) is 54.1 Å². The lowest BCUT2D eigenvalue weighted by Gasteiger charge is -2.11. The Labute approximate surface area is 181 Å². The minimum atomic E-state index is -3.92. The number of nitrogens with zero attached hydrogens (tertiary/aromatic N) is 1. The topological polar surface area (TPSA) is 131 Å². The number of carbonyl (C=O) groups is 1. The third-order valence-corrected chi connectivity index (χ3v) is 7.42. The van der Waals surface area contributed by atoms with E-state index >= 15 is 0 Å². The van der Waals surface area contributed by atoms with Gasteiger partial charge in [0, 0.05) is 18.7 Å². The Morgan fingerprint density at radius 1 is 0.839 bits per heavy atom. The molecule has 166 valence electrons. The van der Waals surface area contributed by atoms with E-state index < -0.39 is 26.0 Å². The first-order valence-electron chi connectivity index (χ1n) is 9.59. The first kappa shape index (κ1) is 22.8. The molecular formula is C20H23N3O6S2. The summed E-state index contributed by atoms with van der Waals surface area (Å²) in [6.07, 6.45) is 3.40. The van der Waals surface area contributed by atoms with Crippen molar-refractivity contribution in [2.45, 2.75) is 35.5 Å². The molecule has 3 rings (SSSR count). The van der Waals surface area contributed by atoms with Crippen LogP contribution in [0, 0.1) is 0 Å².